The number of aromatic nitrogens is 1. The number of pyridine rings is 1. The lowest BCUT2D eigenvalue weighted by atomic mass is 10.1. The van der Waals surface area contributed by atoms with Crippen molar-refractivity contribution >= 4 is 11.9 Å². The average Bonchev–Trinajstić information content (AvgIpc) is 2.43. The highest BCUT2D eigenvalue weighted by atomic mass is 16.4. The average molecular weight is 265 g/mol. The largest absolute Gasteiger partial charge is 0.481 e. The Morgan fingerprint density at radius 3 is 2.74 bits per heavy atom. The van der Waals surface area contributed by atoms with Crippen LogP contribution in [0.5, 0.6) is 0 Å². The fourth-order valence-corrected chi connectivity index (χ4v) is 1.67. The van der Waals surface area contributed by atoms with Gasteiger partial charge in [-0.05, 0) is 19.1 Å². The summed E-state index contributed by atoms with van der Waals surface area (Å²) in [6, 6.07) is 3.24. The number of rotatable bonds is 6. The Labute approximate surface area is 112 Å². The molecule has 0 bridgehead atoms. The van der Waals surface area contributed by atoms with Gasteiger partial charge in [0, 0.05) is 31.4 Å². The minimum Gasteiger partial charge on any atom is -0.481 e. The van der Waals surface area contributed by atoms with Gasteiger partial charge in [0.1, 0.15) is 0 Å². The Morgan fingerprint density at radius 1 is 1.53 bits per heavy atom. The molecule has 0 saturated carbocycles. The smallest absolute Gasteiger partial charge is 0.308 e. The Balaban J connectivity index is 2.85. The second-order valence-corrected chi connectivity index (χ2v) is 4.32. The number of amides is 1. The Bertz CT molecular complexity index is 462. The summed E-state index contributed by atoms with van der Waals surface area (Å²) in [4.78, 5) is 28.6. The molecule has 0 radical (unpaired) electrons. The molecule has 3 N–H and O–H groups in total. The molecule has 1 unspecified atom stereocenters. The maximum atomic E-state index is 12.3. The molecule has 0 aliphatic heterocycles. The van der Waals surface area contributed by atoms with Crippen LogP contribution in [0.3, 0.4) is 0 Å². The lowest BCUT2D eigenvalue weighted by Gasteiger charge is -2.23. The number of nitrogens with two attached hydrogens (primary N) is 1. The second kappa shape index (κ2) is 6.84. The van der Waals surface area contributed by atoms with E-state index >= 15 is 0 Å². The monoisotopic (exact) mass is 265 g/mol. The van der Waals surface area contributed by atoms with E-state index in [1.807, 2.05) is 6.92 Å². The van der Waals surface area contributed by atoms with Gasteiger partial charge in [0.25, 0.3) is 5.91 Å². The molecule has 6 nitrogen and oxygen atoms in total. The van der Waals surface area contributed by atoms with Gasteiger partial charge in [-0.1, -0.05) is 6.92 Å². The molecule has 1 atom stereocenters. The van der Waals surface area contributed by atoms with Crippen LogP contribution in [0.1, 0.15) is 29.9 Å². The van der Waals surface area contributed by atoms with Crippen LogP contribution in [0.25, 0.3) is 0 Å². The van der Waals surface area contributed by atoms with Crippen molar-refractivity contribution in [3.05, 3.63) is 29.6 Å². The summed E-state index contributed by atoms with van der Waals surface area (Å²) in [5.74, 6) is -1.71. The number of hydrogen-bond acceptors (Lipinski definition) is 4. The standard InChI is InChI=1S/C13H19N3O3/c1-3-16(8-9(2)13(18)19)12(17)10-4-5-15-11(6-10)7-14/h4-6,9H,3,7-8,14H2,1-2H3,(H,18,19). The van der Waals surface area contributed by atoms with Crippen LogP contribution in [-0.4, -0.2) is 40.0 Å². The van der Waals surface area contributed by atoms with Gasteiger partial charge in [-0.2, -0.15) is 0 Å². The van der Waals surface area contributed by atoms with Gasteiger partial charge >= 0.3 is 5.97 Å². The normalized spacial score (nSPS) is 11.9. The first-order valence-corrected chi connectivity index (χ1v) is 6.16. The molecule has 1 rings (SSSR count). The van der Waals surface area contributed by atoms with E-state index in [9.17, 15) is 9.59 Å². The predicted octanol–water partition coefficient (Wildman–Crippen LogP) is 0.723. The van der Waals surface area contributed by atoms with Crippen LogP contribution in [0.2, 0.25) is 0 Å². The molecular weight excluding hydrogens is 246 g/mol. The third kappa shape index (κ3) is 4.03. The van der Waals surface area contributed by atoms with Gasteiger partial charge in [0.15, 0.2) is 0 Å². The van der Waals surface area contributed by atoms with Crippen LogP contribution in [0.15, 0.2) is 18.3 Å². The molecule has 6 heteroatoms. The van der Waals surface area contributed by atoms with E-state index in [4.69, 9.17) is 10.8 Å². The SMILES string of the molecule is CCN(CC(C)C(=O)O)C(=O)c1ccnc(CN)c1. The summed E-state index contributed by atoms with van der Waals surface area (Å²) < 4.78 is 0. The van der Waals surface area contributed by atoms with Gasteiger partial charge in [-0.15, -0.1) is 0 Å². The minimum atomic E-state index is -0.913. The van der Waals surface area contributed by atoms with Gasteiger partial charge in [-0.25, -0.2) is 0 Å². The number of carboxylic acids is 1. The number of aliphatic carboxylic acids is 1. The molecule has 0 aliphatic rings. The quantitative estimate of drug-likeness (QED) is 0.790. The van der Waals surface area contributed by atoms with Crippen LogP contribution >= 0.6 is 0 Å². The minimum absolute atomic E-state index is 0.185. The van der Waals surface area contributed by atoms with Crippen molar-refractivity contribution in [2.45, 2.75) is 20.4 Å². The molecule has 1 amide bonds. The molecule has 104 valence electrons. The molecule has 0 spiro atoms. The van der Waals surface area contributed by atoms with Crippen molar-refractivity contribution in [3.8, 4) is 0 Å². The first kappa shape index (κ1) is 15.1. The van der Waals surface area contributed by atoms with E-state index < -0.39 is 11.9 Å². The van der Waals surface area contributed by atoms with E-state index in [0.717, 1.165) is 0 Å². The Morgan fingerprint density at radius 2 is 2.21 bits per heavy atom. The fraction of sp³-hybridized carbons (Fsp3) is 0.462. The summed E-state index contributed by atoms with van der Waals surface area (Å²) in [5, 5.41) is 8.90. The van der Waals surface area contributed by atoms with Crippen LogP contribution in [-0.2, 0) is 11.3 Å². The number of hydrogen-bond donors (Lipinski definition) is 2. The molecule has 0 aliphatic carbocycles. The van der Waals surface area contributed by atoms with Gasteiger partial charge in [0.05, 0.1) is 11.6 Å². The van der Waals surface area contributed by atoms with E-state index in [2.05, 4.69) is 4.98 Å². The highest BCUT2D eigenvalue weighted by Crippen LogP contribution is 2.09. The highest BCUT2D eigenvalue weighted by Gasteiger charge is 2.20. The van der Waals surface area contributed by atoms with Crippen molar-refractivity contribution < 1.29 is 14.7 Å². The Hall–Kier alpha value is -1.95. The van der Waals surface area contributed by atoms with E-state index in [1.165, 1.54) is 11.1 Å². The van der Waals surface area contributed by atoms with Crippen molar-refractivity contribution in [1.82, 2.24) is 9.88 Å². The zero-order valence-electron chi connectivity index (χ0n) is 11.2. The zero-order chi connectivity index (χ0) is 14.4. The van der Waals surface area contributed by atoms with Gasteiger partial charge < -0.3 is 15.7 Å². The van der Waals surface area contributed by atoms with Crippen LogP contribution < -0.4 is 5.73 Å². The summed E-state index contributed by atoms with van der Waals surface area (Å²) in [6.07, 6.45) is 1.53. The molecular formula is C13H19N3O3. The van der Waals surface area contributed by atoms with Gasteiger partial charge in [0.2, 0.25) is 0 Å². The lowest BCUT2D eigenvalue weighted by molar-refractivity contribution is -0.141. The van der Waals surface area contributed by atoms with Crippen LogP contribution in [0, 0.1) is 5.92 Å². The molecule has 0 fully saturated rings. The Kier molecular flexibility index (Phi) is 5.44. The maximum absolute atomic E-state index is 12.3. The predicted molar refractivity (Wildman–Crippen MR) is 70.5 cm³/mol. The van der Waals surface area contributed by atoms with Gasteiger partial charge in [-0.3, -0.25) is 14.6 Å². The summed E-state index contributed by atoms with van der Waals surface area (Å²) in [6.45, 7) is 4.30. The summed E-state index contributed by atoms with van der Waals surface area (Å²) in [7, 11) is 0. The summed E-state index contributed by atoms with van der Waals surface area (Å²) in [5.41, 5.74) is 6.60. The number of carbonyl (C=O) groups excluding carboxylic acids is 1. The third-order valence-corrected chi connectivity index (χ3v) is 2.86. The number of carbonyl (C=O) groups is 2. The molecule has 1 heterocycles. The van der Waals surface area contributed by atoms with Crippen molar-refractivity contribution in [3.63, 3.8) is 0 Å². The number of carboxylic acid groups (broad SMARTS) is 1. The van der Waals surface area contributed by atoms with Crippen molar-refractivity contribution in [2.75, 3.05) is 13.1 Å². The van der Waals surface area contributed by atoms with E-state index in [1.54, 1.807) is 19.1 Å². The first-order chi connectivity index (χ1) is 8.99. The third-order valence-electron chi connectivity index (χ3n) is 2.86. The molecule has 0 saturated heterocycles. The molecule has 19 heavy (non-hydrogen) atoms. The van der Waals surface area contributed by atoms with E-state index in [0.29, 0.717) is 17.8 Å². The lowest BCUT2D eigenvalue weighted by Crippen LogP contribution is -2.36. The summed E-state index contributed by atoms with van der Waals surface area (Å²) >= 11 is 0. The topological polar surface area (TPSA) is 96.5 Å². The van der Waals surface area contributed by atoms with Crippen LogP contribution in [0.4, 0.5) is 0 Å². The zero-order valence-corrected chi connectivity index (χ0v) is 11.2. The fourth-order valence-electron chi connectivity index (χ4n) is 1.67. The van der Waals surface area contributed by atoms with E-state index in [-0.39, 0.29) is 19.0 Å². The van der Waals surface area contributed by atoms with Crippen molar-refractivity contribution in [2.24, 2.45) is 11.7 Å². The second-order valence-electron chi connectivity index (χ2n) is 4.32. The molecule has 0 aromatic carbocycles. The molecule has 1 aromatic heterocycles. The number of nitrogens with zero attached hydrogens (tertiary/aromatic N) is 2. The first-order valence-electron chi connectivity index (χ1n) is 6.16. The maximum Gasteiger partial charge on any atom is 0.308 e. The highest BCUT2D eigenvalue weighted by molar-refractivity contribution is 5.94. The molecule has 1 aromatic rings. The van der Waals surface area contributed by atoms with Crippen molar-refractivity contribution in [1.29, 1.82) is 0 Å².